The highest BCUT2D eigenvalue weighted by Gasteiger charge is 2.33. The predicted octanol–water partition coefficient (Wildman–Crippen LogP) is 1.63. The van der Waals surface area contributed by atoms with Crippen LogP contribution in [0.25, 0.3) is 0 Å². The fraction of sp³-hybridized carbons (Fsp3) is 0.600. The molecule has 0 N–H and O–H groups in total. The molecule has 0 radical (unpaired) electrons. The third-order valence-electron chi connectivity index (χ3n) is 5.80. The van der Waals surface area contributed by atoms with Crippen LogP contribution in [-0.2, 0) is 16.0 Å². The van der Waals surface area contributed by atoms with Gasteiger partial charge in [0.15, 0.2) is 0 Å². The van der Waals surface area contributed by atoms with E-state index in [1.165, 1.54) is 5.56 Å². The Morgan fingerprint density at radius 2 is 1.64 bits per heavy atom. The van der Waals surface area contributed by atoms with E-state index in [0.29, 0.717) is 44.7 Å². The Labute approximate surface area is 150 Å². The summed E-state index contributed by atoms with van der Waals surface area (Å²) in [6, 6.07) is 11.1. The highest BCUT2D eigenvalue weighted by atomic mass is 16.2. The summed E-state index contributed by atoms with van der Waals surface area (Å²) in [5.74, 6) is 0.921. The molecule has 1 aromatic rings. The van der Waals surface area contributed by atoms with Gasteiger partial charge in [-0.25, -0.2) is 0 Å². The van der Waals surface area contributed by atoms with Crippen LogP contribution in [0.2, 0.25) is 0 Å². The third kappa shape index (κ3) is 4.40. The van der Waals surface area contributed by atoms with E-state index < -0.39 is 0 Å². The predicted molar refractivity (Wildman–Crippen MR) is 98.1 cm³/mol. The Morgan fingerprint density at radius 1 is 1.00 bits per heavy atom. The molecule has 1 aromatic carbocycles. The van der Waals surface area contributed by atoms with E-state index in [9.17, 15) is 9.59 Å². The standard InChI is InChI=1S/C20H29N3O2/c1-16-19(14-18-6-4-3-5-7-18)8-9-23(16)15-20(25)22-12-10-21(11-13-22)17(2)24/h3-7,16,19H,8-15H2,1-2H3/t16-,19+/m0/s1. The second kappa shape index (κ2) is 8.00. The molecule has 5 nitrogen and oxygen atoms in total. The van der Waals surface area contributed by atoms with Crippen molar-refractivity contribution in [3.05, 3.63) is 35.9 Å². The molecular weight excluding hydrogens is 314 g/mol. The lowest BCUT2D eigenvalue weighted by Crippen LogP contribution is -2.52. The summed E-state index contributed by atoms with van der Waals surface area (Å²) in [5, 5.41) is 0. The minimum Gasteiger partial charge on any atom is -0.339 e. The van der Waals surface area contributed by atoms with Crippen molar-refractivity contribution in [3.8, 4) is 0 Å². The summed E-state index contributed by atoms with van der Waals surface area (Å²) in [6.07, 6.45) is 2.24. The van der Waals surface area contributed by atoms with Gasteiger partial charge in [0, 0.05) is 39.1 Å². The molecule has 2 fully saturated rings. The average molecular weight is 343 g/mol. The van der Waals surface area contributed by atoms with Crippen molar-refractivity contribution in [3.63, 3.8) is 0 Å². The minimum absolute atomic E-state index is 0.101. The van der Waals surface area contributed by atoms with Crippen molar-refractivity contribution in [2.45, 2.75) is 32.7 Å². The Balaban J connectivity index is 1.48. The largest absolute Gasteiger partial charge is 0.339 e. The minimum atomic E-state index is 0.101. The van der Waals surface area contributed by atoms with Crippen molar-refractivity contribution in [2.24, 2.45) is 5.92 Å². The van der Waals surface area contributed by atoms with Gasteiger partial charge in [-0.2, -0.15) is 0 Å². The topological polar surface area (TPSA) is 43.9 Å². The molecule has 3 rings (SSSR count). The monoisotopic (exact) mass is 343 g/mol. The Hall–Kier alpha value is -1.88. The summed E-state index contributed by atoms with van der Waals surface area (Å²) in [5.41, 5.74) is 1.38. The molecule has 2 saturated heterocycles. The number of likely N-dealkylation sites (tertiary alicyclic amines) is 1. The molecule has 0 aliphatic carbocycles. The van der Waals surface area contributed by atoms with E-state index in [2.05, 4.69) is 42.2 Å². The summed E-state index contributed by atoms with van der Waals surface area (Å²) >= 11 is 0. The van der Waals surface area contributed by atoms with Crippen molar-refractivity contribution < 1.29 is 9.59 Å². The molecule has 2 aliphatic rings. The maximum atomic E-state index is 12.6. The first kappa shape index (κ1) is 17.9. The summed E-state index contributed by atoms with van der Waals surface area (Å²) in [4.78, 5) is 30.1. The van der Waals surface area contributed by atoms with Gasteiger partial charge in [-0.15, -0.1) is 0 Å². The van der Waals surface area contributed by atoms with Crippen molar-refractivity contribution in [2.75, 3.05) is 39.3 Å². The summed E-state index contributed by atoms with van der Waals surface area (Å²) in [7, 11) is 0. The number of carbonyl (C=O) groups excluding carboxylic acids is 2. The number of nitrogens with zero attached hydrogens (tertiary/aromatic N) is 3. The normalized spacial score (nSPS) is 24.6. The van der Waals surface area contributed by atoms with Gasteiger partial charge >= 0.3 is 0 Å². The van der Waals surface area contributed by atoms with E-state index in [1.807, 2.05) is 9.80 Å². The summed E-state index contributed by atoms with van der Waals surface area (Å²) in [6.45, 7) is 7.99. The highest BCUT2D eigenvalue weighted by Crippen LogP contribution is 2.27. The molecule has 136 valence electrons. The Bertz CT molecular complexity index is 596. The molecule has 2 amide bonds. The van der Waals surface area contributed by atoms with E-state index in [4.69, 9.17) is 0 Å². The zero-order chi connectivity index (χ0) is 17.8. The first-order chi connectivity index (χ1) is 12.0. The Morgan fingerprint density at radius 3 is 2.28 bits per heavy atom. The molecule has 5 heteroatoms. The van der Waals surface area contributed by atoms with Gasteiger partial charge in [0.1, 0.15) is 0 Å². The summed E-state index contributed by atoms with van der Waals surface area (Å²) < 4.78 is 0. The van der Waals surface area contributed by atoms with Crippen LogP contribution >= 0.6 is 0 Å². The number of carbonyl (C=O) groups is 2. The molecule has 0 aromatic heterocycles. The van der Waals surface area contributed by atoms with Gasteiger partial charge in [0.05, 0.1) is 6.54 Å². The van der Waals surface area contributed by atoms with Gasteiger partial charge < -0.3 is 9.80 Å². The first-order valence-electron chi connectivity index (χ1n) is 9.36. The van der Waals surface area contributed by atoms with Gasteiger partial charge in [-0.1, -0.05) is 30.3 Å². The lowest BCUT2D eigenvalue weighted by atomic mass is 9.93. The maximum absolute atomic E-state index is 12.6. The molecule has 2 aliphatic heterocycles. The third-order valence-corrected chi connectivity index (χ3v) is 5.80. The second-order valence-electron chi connectivity index (χ2n) is 7.34. The van der Waals surface area contributed by atoms with Crippen molar-refractivity contribution in [1.82, 2.24) is 14.7 Å². The number of benzene rings is 1. The van der Waals surface area contributed by atoms with E-state index in [1.54, 1.807) is 6.92 Å². The van der Waals surface area contributed by atoms with Gasteiger partial charge in [-0.3, -0.25) is 14.5 Å². The van der Waals surface area contributed by atoms with Crippen LogP contribution < -0.4 is 0 Å². The lowest BCUT2D eigenvalue weighted by Gasteiger charge is -2.35. The van der Waals surface area contributed by atoms with Crippen molar-refractivity contribution >= 4 is 11.8 Å². The van der Waals surface area contributed by atoms with Gasteiger partial charge in [0.2, 0.25) is 11.8 Å². The molecule has 2 atom stereocenters. The SMILES string of the molecule is CC(=O)N1CCN(C(=O)CN2CC[C@H](Cc3ccccc3)[C@@H]2C)CC1. The first-order valence-corrected chi connectivity index (χ1v) is 9.36. The van der Waals surface area contributed by atoms with Crippen LogP contribution in [0, 0.1) is 5.92 Å². The molecular formula is C20H29N3O2. The van der Waals surface area contributed by atoms with E-state index in [0.717, 1.165) is 19.4 Å². The number of hydrogen-bond donors (Lipinski definition) is 0. The average Bonchev–Trinajstić information content (AvgIpc) is 2.96. The molecule has 2 heterocycles. The quantitative estimate of drug-likeness (QED) is 0.835. The lowest BCUT2D eigenvalue weighted by molar-refractivity contribution is -0.139. The number of rotatable bonds is 4. The van der Waals surface area contributed by atoms with Crippen LogP contribution in [0.5, 0.6) is 0 Å². The van der Waals surface area contributed by atoms with Crippen molar-refractivity contribution in [1.29, 1.82) is 0 Å². The highest BCUT2D eigenvalue weighted by molar-refractivity contribution is 5.79. The smallest absolute Gasteiger partial charge is 0.236 e. The molecule has 0 spiro atoms. The fourth-order valence-electron chi connectivity index (χ4n) is 4.03. The van der Waals surface area contributed by atoms with E-state index in [-0.39, 0.29) is 11.8 Å². The molecule has 0 unspecified atom stereocenters. The second-order valence-corrected chi connectivity index (χ2v) is 7.34. The van der Waals surface area contributed by atoms with Crippen LogP contribution in [-0.4, -0.2) is 71.8 Å². The zero-order valence-corrected chi connectivity index (χ0v) is 15.4. The van der Waals surface area contributed by atoms with Crippen LogP contribution in [0.3, 0.4) is 0 Å². The van der Waals surface area contributed by atoms with Crippen LogP contribution in [0.4, 0.5) is 0 Å². The Kier molecular flexibility index (Phi) is 5.74. The molecule has 0 bridgehead atoms. The van der Waals surface area contributed by atoms with Gasteiger partial charge in [-0.05, 0) is 37.8 Å². The van der Waals surface area contributed by atoms with Crippen LogP contribution in [0.15, 0.2) is 30.3 Å². The molecule has 25 heavy (non-hydrogen) atoms. The number of piperazine rings is 1. The number of hydrogen-bond acceptors (Lipinski definition) is 3. The molecule has 0 saturated carbocycles. The van der Waals surface area contributed by atoms with E-state index >= 15 is 0 Å². The van der Waals surface area contributed by atoms with Crippen LogP contribution in [0.1, 0.15) is 25.8 Å². The zero-order valence-electron chi connectivity index (χ0n) is 15.4. The number of amides is 2. The maximum Gasteiger partial charge on any atom is 0.236 e. The van der Waals surface area contributed by atoms with Gasteiger partial charge in [0.25, 0.3) is 0 Å². The fourth-order valence-corrected chi connectivity index (χ4v) is 4.03.